The van der Waals surface area contributed by atoms with Gasteiger partial charge in [-0.2, -0.15) is 4.31 Å². The van der Waals surface area contributed by atoms with Crippen LogP contribution in [0.5, 0.6) is 0 Å². The molecule has 0 atom stereocenters. The lowest BCUT2D eigenvalue weighted by molar-refractivity contribution is -0.385. The monoisotopic (exact) mass is 422 g/mol. The van der Waals surface area contributed by atoms with Crippen LogP contribution in [0.3, 0.4) is 0 Å². The van der Waals surface area contributed by atoms with Gasteiger partial charge in [0.15, 0.2) is 5.78 Å². The highest BCUT2D eigenvalue weighted by Gasteiger charge is 2.33. The highest BCUT2D eigenvalue weighted by atomic mass is 35.5. The molecule has 0 aliphatic carbocycles. The number of hydrogen-bond donors (Lipinski definition) is 0. The van der Waals surface area contributed by atoms with Gasteiger partial charge in [-0.05, 0) is 25.8 Å². The average molecular weight is 423 g/mol. The van der Waals surface area contributed by atoms with Crippen LogP contribution in [-0.2, 0) is 10.0 Å². The Morgan fingerprint density at radius 2 is 1.79 bits per heavy atom. The molecule has 148 valence electrons. The van der Waals surface area contributed by atoms with Crippen molar-refractivity contribution in [1.82, 2.24) is 4.31 Å². The van der Waals surface area contributed by atoms with Gasteiger partial charge >= 0.3 is 0 Å². The van der Waals surface area contributed by atoms with E-state index in [1.165, 1.54) is 17.3 Å². The van der Waals surface area contributed by atoms with Gasteiger partial charge in [0.05, 0.1) is 14.8 Å². The lowest BCUT2D eigenvalue weighted by Crippen LogP contribution is -2.40. The maximum Gasteiger partial charge on any atom is 0.275 e. The molecule has 2 aromatic carbocycles. The number of benzene rings is 2. The molecule has 1 aliphatic heterocycles. The van der Waals surface area contributed by atoms with Gasteiger partial charge in [0.2, 0.25) is 10.0 Å². The first-order valence-electron chi connectivity index (χ1n) is 8.75. The van der Waals surface area contributed by atoms with Gasteiger partial charge in [0.1, 0.15) is 0 Å². The average Bonchev–Trinajstić information content (AvgIpc) is 2.69. The molecule has 2 aromatic rings. The van der Waals surface area contributed by atoms with E-state index in [1.807, 2.05) is 6.07 Å². The van der Waals surface area contributed by atoms with E-state index in [0.717, 1.165) is 6.07 Å². The summed E-state index contributed by atoms with van der Waals surface area (Å²) in [5.41, 5.74) is 0.503. The summed E-state index contributed by atoms with van der Waals surface area (Å²) >= 11 is 6.01. The Bertz CT molecular complexity index is 1020. The van der Waals surface area contributed by atoms with Crippen molar-refractivity contribution in [1.29, 1.82) is 0 Å². The number of hydrogen-bond acceptors (Lipinski definition) is 5. The number of nitro groups is 1. The second kappa shape index (κ2) is 7.98. The third kappa shape index (κ3) is 3.94. The van der Waals surface area contributed by atoms with Crippen molar-refractivity contribution in [2.24, 2.45) is 5.92 Å². The van der Waals surface area contributed by atoms with Gasteiger partial charge in [-0.3, -0.25) is 14.9 Å². The molecule has 3 rings (SSSR count). The zero-order valence-electron chi connectivity index (χ0n) is 15.2. The summed E-state index contributed by atoms with van der Waals surface area (Å²) in [4.78, 5) is 22.9. The van der Waals surface area contributed by atoms with E-state index in [2.05, 4.69) is 0 Å². The molecule has 1 saturated heterocycles. The van der Waals surface area contributed by atoms with Crippen molar-refractivity contribution in [2.75, 3.05) is 13.1 Å². The van der Waals surface area contributed by atoms with Crippen molar-refractivity contribution in [2.45, 2.75) is 24.7 Å². The van der Waals surface area contributed by atoms with Gasteiger partial charge in [-0.1, -0.05) is 41.9 Å². The Morgan fingerprint density at radius 3 is 2.36 bits per heavy atom. The van der Waals surface area contributed by atoms with Gasteiger partial charge in [-0.25, -0.2) is 8.42 Å². The van der Waals surface area contributed by atoms with E-state index in [0.29, 0.717) is 18.4 Å². The third-order valence-electron chi connectivity index (χ3n) is 5.01. The molecule has 7 nitrogen and oxygen atoms in total. The number of nitrogens with zero attached hydrogens (tertiary/aromatic N) is 2. The third-order valence-corrected chi connectivity index (χ3v) is 7.28. The zero-order valence-corrected chi connectivity index (χ0v) is 16.7. The number of nitro benzene ring substituents is 1. The highest BCUT2D eigenvalue weighted by molar-refractivity contribution is 7.89. The minimum absolute atomic E-state index is 0.00617. The van der Waals surface area contributed by atoms with E-state index < -0.39 is 14.9 Å². The molecule has 28 heavy (non-hydrogen) atoms. The Labute approximate surface area is 168 Å². The molecule has 0 N–H and O–H groups in total. The standard InChI is InChI=1S/C19H19ClN2O5S/c1-13-17(20)11-16(12-18(13)22(24)25)28(26,27)21-9-7-15(8-10-21)19(23)14-5-3-2-4-6-14/h2-6,11-12,15H,7-10H2,1H3. The van der Waals surface area contributed by atoms with Crippen LogP contribution in [-0.4, -0.2) is 36.5 Å². The predicted molar refractivity (Wildman–Crippen MR) is 105 cm³/mol. The number of carbonyl (C=O) groups excluding carboxylic acids is 1. The van der Waals surface area contributed by atoms with E-state index in [1.54, 1.807) is 24.3 Å². The first-order valence-corrected chi connectivity index (χ1v) is 10.6. The number of carbonyl (C=O) groups is 1. The van der Waals surface area contributed by atoms with Crippen LogP contribution in [0, 0.1) is 23.0 Å². The van der Waals surface area contributed by atoms with Crippen LogP contribution < -0.4 is 0 Å². The SMILES string of the molecule is Cc1c(Cl)cc(S(=O)(=O)N2CCC(C(=O)c3ccccc3)CC2)cc1[N+](=O)[O-]. The fraction of sp³-hybridized carbons (Fsp3) is 0.316. The van der Waals surface area contributed by atoms with Crippen molar-refractivity contribution >= 4 is 33.1 Å². The second-order valence-electron chi connectivity index (χ2n) is 6.71. The van der Waals surface area contributed by atoms with Crippen molar-refractivity contribution in [3.63, 3.8) is 0 Å². The summed E-state index contributed by atoms with van der Waals surface area (Å²) < 4.78 is 27.1. The van der Waals surface area contributed by atoms with E-state index in [9.17, 15) is 23.3 Å². The lowest BCUT2D eigenvalue weighted by atomic mass is 9.90. The lowest BCUT2D eigenvalue weighted by Gasteiger charge is -2.30. The largest absolute Gasteiger partial charge is 0.294 e. The Kier molecular flexibility index (Phi) is 5.83. The minimum Gasteiger partial charge on any atom is -0.294 e. The van der Waals surface area contributed by atoms with Gasteiger partial charge in [0, 0.05) is 36.2 Å². The Balaban J connectivity index is 1.78. The maximum atomic E-state index is 12.9. The van der Waals surface area contributed by atoms with Gasteiger partial charge < -0.3 is 0 Å². The number of halogens is 1. The number of Topliss-reactive ketones (excluding diaryl/α,β-unsaturated/α-hetero) is 1. The smallest absolute Gasteiger partial charge is 0.275 e. The molecular weight excluding hydrogens is 404 g/mol. The van der Waals surface area contributed by atoms with Crippen molar-refractivity contribution < 1.29 is 18.1 Å². The molecule has 9 heteroatoms. The summed E-state index contributed by atoms with van der Waals surface area (Å²) in [6.07, 6.45) is 0.795. The minimum atomic E-state index is -3.94. The van der Waals surface area contributed by atoms with Crippen LogP contribution in [0.15, 0.2) is 47.4 Å². The molecule has 0 bridgehead atoms. The normalized spacial score (nSPS) is 16.1. The maximum absolute atomic E-state index is 12.9. The summed E-state index contributed by atoms with van der Waals surface area (Å²) in [5.74, 6) is -0.239. The molecule has 0 spiro atoms. The topological polar surface area (TPSA) is 97.6 Å². The van der Waals surface area contributed by atoms with E-state index >= 15 is 0 Å². The quantitative estimate of drug-likeness (QED) is 0.414. The van der Waals surface area contributed by atoms with Crippen molar-refractivity contribution in [3.05, 3.63) is 68.7 Å². The molecule has 0 saturated carbocycles. The fourth-order valence-electron chi connectivity index (χ4n) is 3.32. The molecular formula is C19H19ClN2O5S. The summed E-state index contributed by atoms with van der Waals surface area (Å²) in [7, 11) is -3.94. The summed E-state index contributed by atoms with van der Waals surface area (Å²) in [5, 5.41) is 11.2. The number of ketones is 1. The zero-order chi connectivity index (χ0) is 20.5. The molecule has 1 fully saturated rings. The molecule has 0 unspecified atom stereocenters. The molecule has 0 radical (unpaired) electrons. The first-order chi connectivity index (χ1) is 13.2. The number of sulfonamides is 1. The van der Waals surface area contributed by atoms with Crippen LogP contribution in [0.4, 0.5) is 5.69 Å². The Morgan fingerprint density at radius 1 is 1.18 bits per heavy atom. The number of rotatable bonds is 5. The first kappa shape index (κ1) is 20.4. The van der Waals surface area contributed by atoms with E-state index in [4.69, 9.17) is 11.6 Å². The summed E-state index contributed by atoms with van der Waals surface area (Å²) in [6, 6.07) is 11.2. The van der Waals surface area contributed by atoms with Gasteiger partial charge in [0.25, 0.3) is 5.69 Å². The number of piperidine rings is 1. The van der Waals surface area contributed by atoms with E-state index in [-0.39, 0.29) is 46.0 Å². The van der Waals surface area contributed by atoms with Crippen LogP contribution >= 0.6 is 11.6 Å². The molecule has 1 aliphatic rings. The fourth-order valence-corrected chi connectivity index (χ4v) is 5.12. The van der Waals surface area contributed by atoms with Crippen LogP contribution in [0.2, 0.25) is 5.02 Å². The highest BCUT2D eigenvalue weighted by Crippen LogP contribution is 2.32. The van der Waals surface area contributed by atoms with Gasteiger partial charge in [-0.15, -0.1) is 0 Å². The van der Waals surface area contributed by atoms with Crippen molar-refractivity contribution in [3.8, 4) is 0 Å². The summed E-state index contributed by atoms with van der Waals surface area (Å²) in [6.45, 7) is 1.81. The Hall–Kier alpha value is -2.29. The second-order valence-corrected chi connectivity index (χ2v) is 9.06. The molecule has 0 amide bonds. The molecule has 0 aromatic heterocycles. The van der Waals surface area contributed by atoms with Crippen LogP contribution in [0.25, 0.3) is 0 Å². The molecule has 1 heterocycles. The predicted octanol–water partition coefficient (Wildman–Crippen LogP) is 3.84. The van der Waals surface area contributed by atoms with Crippen LogP contribution in [0.1, 0.15) is 28.8 Å².